The summed E-state index contributed by atoms with van der Waals surface area (Å²) in [6.45, 7) is 6.05. The van der Waals surface area contributed by atoms with Gasteiger partial charge in [-0.05, 0) is 31.0 Å². The number of anilines is 1. The molecule has 98 valence electrons. The number of carboxylic acid groups (broad SMARTS) is 1. The molecule has 1 aromatic rings. The average Bonchev–Trinajstić information content (AvgIpc) is 2.33. The first kappa shape index (κ1) is 12.9. The van der Waals surface area contributed by atoms with Crippen LogP contribution >= 0.6 is 0 Å². The van der Waals surface area contributed by atoms with Crippen LogP contribution in [0.4, 0.5) is 5.69 Å². The molecule has 0 radical (unpaired) electrons. The lowest BCUT2D eigenvalue weighted by Gasteiger charge is -2.37. The van der Waals surface area contributed by atoms with Gasteiger partial charge < -0.3 is 14.7 Å². The third kappa shape index (κ3) is 2.64. The number of carbonyl (C=O) groups is 1. The van der Waals surface area contributed by atoms with Crippen molar-refractivity contribution >= 4 is 11.7 Å². The largest absolute Gasteiger partial charge is 0.481 e. The van der Waals surface area contributed by atoms with Gasteiger partial charge >= 0.3 is 5.97 Å². The van der Waals surface area contributed by atoms with Gasteiger partial charge in [0.2, 0.25) is 0 Å². The lowest BCUT2D eigenvalue weighted by Crippen LogP contribution is -2.47. The molecule has 1 unspecified atom stereocenters. The van der Waals surface area contributed by atoms with E-state index in [1.165, 1.54) is 11.1 Å². The maximum absolute atomic E-state index is 10.9. The standard InChI is InChI=1S/C14H19NO3/c1-10-4-3-5-13(11(10)2)15-6-7-18-9-12(15)8-14(16)17/h3-5,12H,6-9H2,1-2H3,(H,16,17). The highest BCUT2D eigenvalue weighted by Gasteiger charge is 2.26. The molecule has 1 atom stereocenters. The normalized spacial score (nSPS) is 19.9. The van der Waals surface area contributed by atoms with Crippen molar-refractivity contribution < 1.29 is 14.6 Å². The highest BCUT2D eigenvalue weighted by Crippen LogP contribution is 2.27. The predicted octanol–water partition coefficient (Wildman–Crippen LogP) is 1.98. The first-order valence-electron chi connectivity index (χ1n) is 6.22. The van der Waals surface area contributed by atoms with Gasteiger partial charge in [-0.3, -0.25) is 4.79 Å². The number of nitrogens with zero attached hydrogens (tertiary/aromatic N) is 1. The molecular weight excluding hydrogens is 230 g/mol. The minimum Gasteiger partial charge on any atom is -0.481 e. The lowest BCUT2D eigenvalue weighted by molar-refractivity contribution is -0.138. The highest BCUT2D eigenvalue weighted by molar-refractivity contribution is 5.69. The lowest BCUT2D eigenvalue weighted by atomic mass is 10.0. The molecule has 1 aliphatic heterocycles. The van der Waals surface area contributed by atoms with E-state index in [9.17, 15) is 4.79 Å². The summed E-state index contributed by atoms with van der Waals surface area (Å²) in [6, 6.07) is 6.08. The number of morpholine rings is 1. The molecule has 4 heteroatoms. The number of carboxylic acids is 1. The van der Waals surface area contributed by atoms with Gasteiger partial charge in [0.15, 0.2) is 0 Å². The molecule has 0 bridgehead atoms. The molecule has 1 aromatic carbocycles. The molecule has 0 spiro atoms. The summed E-state index contributed by atoms with van der Waals surface area (Å²) in [4.78, 5) is 13.1. The van der Waals surface area contributed by atoms with Gasteiger partial charge in [0.25, 0.3) is 0 Å². The van der Waals surface area contributed by atoms with Gasteiger partial charge in [-0.25, -0.2) is 0 Å². The van der Waals surface area contributed by atoms with Crippen LogP contribution in [0.1, 0.15) is 17.5 Å². The van der Waals surface area contributed by atoms with Gasteiger partial charge in [-0.15, -0.1) is 0 Å². The van der Waals surface area contributed by atoms with E-state index in [4.69, 9.17) is 9.84 Å². The van der Waals surface area contributed by atoms with Gasteiger partial charge in [-0.2, -0.15) is 0 Å². The summed E-state index contributed by atoms with van der Waals surface area (Å²) >= 11 is 0. The number of hydrogen-bond donors (Lipinski definition) is 1. The molecule has 18 heavy (non-hydrogen) atoms. The number of rotatable bonds is 3. The van der Waals surface area contributed by atoms with Crippen LogP contribution in [0, 0.1) is 13.8 Å². The molecule has 1 aliphatic rings. The molecule has 0 amide bonds. The Morgan fingerprint density at radius 1 is 1.50 bits per heavy atom. The fourth-order valence-corrected chi connectivity index (χ4v) is 2.39. The van der Waals surface area contributed by atoms with E-state index in [1.807, 2.05) is 6.07 Å². The first-order valence-corrected chi connectivity index (χ1v) is 6.22. The SMILES string of the molecule is Cc1cccc(N2CCOCC2CC(=O)O)c1C. The Balaban J connectivity index is 2.27. The van der Waals surface area contributed by atoms with Crippen LogP contribution in [0.3, 0.4) is 0 Å². The van der Waals surface area contributed by atoms with Crippen molar-refractivity contribution in [1.82, 2.24) is 0 Å². The van der Waals surface area contributed by atoms with Gasteiger partial charge in [0, 0.05) is 12.2 Å². The quantitative estimate of drug-likeness (QED) is 0.890. The van der Waals surface area contributed by atoms with Crippen LogP contribution in [0.5, 0.6) is 0 Å². The summed E-state index contributed by atoms with van der Waals surface area (Å²) in [5.74, 6) is -0.777. The van der Waals surface area contributed by atoms with Gasteiger partial charge in [-0.1, -0.05) is 12.1 Å². The van der Waals surface area contributed by atoms with Crippen LogP contribution in [-0.2, 0) is 9.53 Å². The number of ether oxygens (including phenoxy) is 1. The Labute approximate surface area is 107 Å². The van der Waals surface area contributed by atoms with Crippen LogP contribution in [0.25, 0.3) is 0 Å². The van der Waals surface area contributed by atoms with E-state index in [2.05, 4.69) is 30.9 Å². The fourth-order valence-electron chi connectivity index (χ4n) is 2.39. The van der Waals surface area contributed by atoms with Gasteiger partial charge in [0.1, 0.15) is 0 Å². The molecule has 0 saturated carbocycles. The number of hydrogen-bond acceptors (Lipinski definition) is 3. The first-order chi connectivity index (χ1) is 8.59. The van der Waals surface area contributed by atoms with Crippen LogP contribution in [0.15, 0.2) is 18.2 Å². The summed E-state index contributed by atoms with van der Waals surface area (Å²) in [5.41, 5.74) is 3.58. The molecule has 0 aromatic heterocycles. The van der Waals surface area contributed by atoms with Crippen LogP contribution in [-0.4, -0.2) is 36.9 Å². The van der Waals surface area contributed by atoms with E-state index in [-0.39, 0.29) is 12.5 Å². The molecule has 0 aliphatic carbocycles. The second kappa shape index (κ2) is 5.40. The maximum Gasteiger partial charge on any atom is 0.305 e. The van der Waals surface area contributed by atoms with Crippen molar-refractivity contribution in [1.29, 1.82) is 0 Å². The summed E-state index contributed by atoms with van der Waals surface area (Å²) in [6.07, 6.45) is 0.118. The number of benzene rings is 1. The third-order valence-corrected chi connectivity index (χ3v) is 3.52. The highest BCUT2D eigenvalue weighted by atomic mass is 16.5. The summed E-state index contributed by atoms with van der Waals surface area (Å²) < 4.78 is 5.40. The maximum atomic E-state index is 10.9. The molecule has 4 nitrogen and oxygen atoms in total. The van der Waals surface area contributed by atoms with E-state index in [1.54, 1.807) is 0 Å². The van der Waals surface area contributed by atoms with E-state index in [0.717, 1.165) is 12.2 Å². The van der Waals surface area contributed by atoms with Crippen molar-refractivity contribution in [2.45, 2.75) is 26.3 Å². The Morgan fingerprint density at radius 3 is 3.00 bits per heavy atom. The number of aryl methyl sites for hydroxylation is 1. The minimum atomic E-state index is -0.777. The third-order valence-electron chi connectivity index (χ3n) is 3.52. The van der Waals surface area contributed by atoms with E-state index in [0.29, 0.717) is 13.2 Å². The zero-order valence-corrected chi connectivity index (χ0v) is 10.8. The minimum absolute atomic E-state index is 0.0725. The molecular formula is C14H19NO3. The van der Waals surface area contributed by atoms with Crippen LogP contribution in [0.2, 0.25) is 0 Å². The second-order valence-electron chi connectivity index (χ2n) is 4.74. The zero-order valence-electron chi connectivity index (χ0n) is 10.8. The second-order valence-corrected chi connectivity index (χ2v) is 4.74. The number of aliphatic carboxylic acids is 1. The van der Waals surface area contributed by atoms with Gasteiger partial charge in [0.05, 0.1) is 25.7 Å². The Morgan fingerprint density at radius 2 is 2.28 bits per heavy atom. The fraction of sp³-hybridized carbons (Fsp3) is 0.500. The predicted molar refractivity (Wildman–Crippen MR) is 70.1 cm³/mol. The van der Waals surface area contributed by atoms with Crippen LogP contribution < -0.4 is 4.90 Å². The Bertz CT molecular complexity index is 445. The molecule has 2 rings (SSSR count). The molecule has 1 saturated heterocycles. The monoisotopic (exact) mass is 249 g/mol. The van der Waals surface area contributed by atoms with Crippen molar-refractivity contribution in [3.63, 3.8) is 0 Å². The van der Waals surface area contributed by atoms with Crippen molar-refractivity contribution in [2.75, 3.05) is 24.7 Å². The van der Waals surface area contributed by atoms with E-state index < -0.39 is 5.97 Å². The van der Waals surface area contributed by atoms with Crippen molar-refractivity contribution in [3.05, 3.63) is 29.3 Å². The molecule has 1 N–H and O–H groups in total. The average molecular weight is 249 g/mol. The molecule has 1 heterocycles. The summed E-state index contributed by atoms with van der Waals surface area (Å²) in [7, 11) is 0. The zero-order chi connectivity index (χ0) is 13.1. The Kier molecular flexibility index (Phi) is 3.87. The van der Waals surface area contributed by atoms with E-state index >= 15 is 0 Å². The van der Waals surface area contributed by atoms with Crippen molar-refractivity contribution in [3.8, 4) is 0 Å². The molecule has 1 fully saturated rings. The Hall–Kier alpha value is -1.55. The smallest absolute Gasteiger partial charge is 0.305 e. The summed E-state index contributed by atoms with van der Waals surface area (Å²) in [5, 5.41) is 8.97. The topological polar surface area (TPSA) is 49.8 Å². The van der Waals surface area contributed by atoms with Crippen molar-refractivity contribution in [2.24, 2.45) is 0 Å².